The van der Waals surface area contributed by atoms with Crippen molar-refractivity contribution in [2.24, 2.45) is 0 Å². The van der Waals surface area contributed by atoms with Gasteiger partial charge in [-0.1, -0.05) is 17.8 Å². The van der Waals surface area contributed by atoms with Gasteiger partial charge in [0.25, 0.3) is 0 Å². The highest BCUT2D eigenvalue weighted by atomic mass is 32.2. The first-order valence-corrected chi connectivity index (χ1v) is 4.73. The topological polar surface area (TPSA) is 67.6 Å². The lowest BCUT2D eigenvalue weighted by Gasteiger charge is -1.92. The Morgan fingerprint density at radius 3 is 3.08 bits per heavy atom. The summed E-state index contributed by atoms with van der Waals surface area (Å²) in [6.45, 7) is 3.64. The zero-order chi connectivity index (χ0) is 8.81. The molecule has 0 saturated carbocycles. The van der Waals surface area contributed by atoms with Gasteiger partial charge in [0.1, 0.15) is 0 Å². The van der Waals surface area contributed by atoms with E-state index < -0.39 is 0 Å². The summed E-state index contributed by atoms with van der Waals surface area (Å²) in [6, 6.07) is 0. The van der Waals surface area contributed by atoms with Crippen LogP contribution in [-0.2, 0) is 0 Å². The van der Waals surface area contributed by atoms with Gasteiger partial charge in [0.05, 0.1) is 0 Å². The summed E-state index contributed by atoms with van der Waals surface area (Å²) in [4.78, 5) is 3.96. The molecular weight excluding hydrogens is 172 g/mol. The van der Waals surface area contributed by atoms with Crippen LogP contribution < -0.4 is 5.73 Å². The van der Waals surface area contributed by atoms with Gasteiger partial charge in [-0.25, -0.2) is 5.10 Å². The van der Waals surface area contributed by atoms with Crippen LogP contribution in [0.25, 0.3) is 0 Å². The number of thioether (sulfide) groups is 1. The van der Waals surface area contributed by atoms with Crippen LogP contribution in [-0.4, -0.2) is 20.9 Å². The summed E-state index contributed by atoms with van der Waals surface area (Å²) in [7, 11) is 0. The summed E-state index contributed by atoms with van der Waals surface area (Å²) >= 11 is 1.60. The summed E-state index contributed by atoms with van der Waals surface area (Å²) in [5, 5.41) is 7.19. The quantitative estimate of drug-likeness (QED) is 0.413. The third-order valence-electron chi connectivity index (χ3n) is 1.27. The highest BCUT2D eigenvalue weighted by Crippen LogP contribution is 2.14. The van der Waals surface area contributed by atoms with E-state index in [2.05, 4.69) is 21.8 Å². The minimum atomic E-state index is 0.376. The molecule has 3 N–H and O–H groups in total. The average Bonchev–Trinajstić information content (AvgIpc) is 2.45. The summed E-state index contributed by atoms with van der Waals surface area (Å²) < 4.78 is 0. The molecule has 12 heavy (non-hydrogen) atoms. The number of nitrogen functional groups attached to an aromatic ring is 1. The van der Waals surface area contributed by atoms with E-state index >= 15 is 0 Å². The van der Waals surface area contributed by atoms with Gasteiger partial charge in [-0.3, -0.25) is 0 Å². The minimum absolute atomic E-state index is 0.376. The first kappa shape index (κ1) is 9.12. The Morgan fingerprint density at radius 1 is 1.67 bits per heavy atom. The maximum absolute atomic E-state index is 5.35. The predicted molar refractivity (Wildman–Crippen MR) is 51.0 cm³/mol. The molecule has 0 amide bonds. The molecule has 4 nitrogen and oxygen atoms in total. The van der Waals surface area contributed by atoms with Gasteiger partial charge in [-0.05, 0) is 12.8 Å². The second-order valence-corrected chi connectivity index (χ2v) is 3.34. The van der Waals surface area contributed by atoms with Crippen LogP contribution in [0.1, 0.15) is 12.8 Å². The molecule has 1 aromatic heterocycles. The van der Waals surface area contributed by atoms with Crippen molar-refractivity contribution in [3.05, 3.63) is 12.7 Å². The van der Waals surface area contributed by atoms with E-state index in [-0.39, 0.29) is 0 Å². The van der Waals surface area contributed by atoms with Crippen LogP contribution >= 0.6 is 11.8 Å². The Kier molecular flexibility index (Phi) is 3.66. The molecule has 1 rings (SSSR count). The first-order valence-electron chi connectivity index (χ1n) is 3.74. The van der Waals surface area contributed by atoms with E-state index in [9.17, 15) is 0 Å². The Hall–Kier alpha value is -0.970. The molecule has 0 radical (unpaired) electrons. The standard InChI is InChI=1S/C7H12N4S/c1-2-3-4-5-12-7-9-6(8)10-11-7/h2H,1,3-5H2,(H3,8,9,10,11). The van der Waals surface area contributed by atoms with Crippen molar-refractivity contribution in [2.45, 2.75) is 18.0 Å². The van der Waals surface area contributed by atoms with Gasteiger partial charge in [-0.2, -0.15) is 4.98 Å². The van der Waals surface area contributed by atoms with E-state index in [1.54, 1.807) is 11.8 Å². The predicted octanol–water partition coefficient (Wildman–Crippen LogP) is 1.45. The maximum Gasteiger partial charge on any atom is 0.216 e. The van der Waals surface area contributed by atoms with Gasteiger partial charge in [0, 0.05) is 5.75 Å². The molecule has 0 aliphatic carbocycles. The second kappa shape index (κ2) is 4.82. The Morgan fingerprint density at radius 2 is 2.50 bits per heavy atom. The minimum Gasteiger partial charge on any atom is -0.368 e. The molecule has 0 bridgehead atoms. The maximum atomic E-state index is 5.35. The Labute approximate surface area is 75.6 Å². The van der Waals surface area contributed by atoms with Crippen LogP contribution in [0.2, 0.25) is 0 Å². The Balaban J connectivity index is 2.19. The molecule has 5 heteroatoms. The van der Waals surface area contributed by atoms with E-state index in [1.165, 1.54) is 0 Å². The number of nitrogens with one attached hydrogen (secondary N) is 1. The van der Waals surface area contributed by atoms with Crippen molar-refractivity contribution in [1.82, 2.24) is 15.2 Å². The second-order valence-electron chi connectivity index (χ2n) is 2.28. The van der Waals surface area contributed by atoms with E-state index in [0.29, 0.717) is 5.95 Å². The van der Waals surface area contributed by atoms with E-state index in [0.717, 1.165) is 23.8 Å². The number of H-pyrrole nitrogens is 1. The highest BCUT2D eigenvalue weighted by molar-refractivity contribution is 7.99. The number of rotatable bonds is 5. The van der Waals surface area contributed by atoms with Crippen molar-refractivity contribution in [3.8, 4) is 0 Å². The molecular formula is C7H12N4S. The fraction of sp³-hybridized carbons (Fsp3) is 0.429. The lowest BCUT2D eigenvalue weighted by molar-refractivity contribution is 0.946. The molecule has 0 aromatic carbocycles. The van der Waals surface area contributed by atoms with E-state index in [4.69, 9.17) is 5.73 Å². The molecule has 1 aromatic rings. The van der Waals surface area contributed by atoms with Gasteiger partial charge in [-0.15, -0.1) is 11.7 Å². The number of anilines is 1. The largest absolute Gasteiger partial charge is 0.368 e. The van der Waals surface area contributed by atoms with Crippen molar-refractivity contribution in [2.75, 3.05) is 11.5 Å². The van der Waals surface area contributed by atoms with Crippen LogP contribution in [0, 0.1) is 0 Å². The van der Waals surface area contributed by atoms with Crippen molar-refractivity contribution in [1.29, 1.82) is 0 Å². The normalized spacial score (nSPS) is 10.0. The van der Waals surface area contributed by atoms with Crippen LogP contribution in [0.4, 0.5) is 5.95 Å². The molecule has 0 aliphatic rings. The van der Waals surface area contributed by atoms with Crippen molar-refractivity contribution in [3.63, 3.8) is 0 Å². The lowest BCUT2D eigenvalue weighted by atomic mass is 10.3. The highest BCUT2D eigenvalue weighted by Gasteiger charge is 1.98. The molecule has 0 atom stereocenters. The van der Waals surface area contributed by atoms with E-state index in [1.807, 2.05) is 6.08 Å². The molecule has 1 heterocycles. The van der Waals surface area contributed by atoms with Gasteiger partial charge in [0.15, 0.2) is 0 Å². The number of aromatic amines is 1. The third kappa shape index (κ3) is 2.96. The molecule has 0 spiro atoms. The van der Waals surface area contributed by atoms with Gasteiger partial charge in [0.2, 0.25) is 11.1 Å². The third-order valence-corrected chi connectivity index (χ3v) is 2.20. The van der Waals surface area contributed by atoms with Crippen LogP contribution in [0.5, 0.6) is 0 Å². The molecule has 0 aliphatic heterocycles. The van der Waals surface area contributed by atoms with Crippen molar-refractivity contribution >= 4 is 17.7 Å². The number of nitrogens with zero attached hydrogens (tertiary/aromatic N) is 2. The zero-order valence-corrected chi connectivity index (χ0v) is 7.60. The fourth-order valence-electron chi connectivity index (χ4n) is 0.714. The molecule has 66 valence electrons. The average molecular weight is 184 g/mol. The van der Waals surface area contributed by atoms with Gasteiger partial charge < -0.3 is 5.73 Å². The molecule has 0 unspecified atom stereocenters. The number of unbranched alkanes of at least 4 members (excludes halogenated alkanes) is 1. The van der Waals surface area contributed by atoms with Crippen molar-refractivity contribution < 1.29 is 0 Å². The zero-order valence-electron chi connectivity index (χ0n) is 6.79. The summed E-state index contributed by atoms with van der Waals surface area (Å²) in [6.07, 6.45) is 4.04. The Bertz CT molecular complexity index is 245. The SMILES string of the molecule is C=CCCCSc1n[nH]c(N)n1. The van der Waals surface area contributed by atoms with Crippen LogP contribution in [0.15, 0.2) is 17.8 Å². The number of nitrogens with two attached hydrogens (primary N) is 1. The van der Waals surface area contributed by atoms with Gasteiger partial charge >= 0.3 is 0 Å². The number of aromatic nitrogens is 3. The summed E-state index contributed by atoms with van der Waals surface area (Å²) in [5.74, 6) is 1.38. The lowest BCUT2D eigenvalue weighted by Crippen LogP contribution is -1.85. The van der Waals surface area contributed by atoms with Crippen LogP contribution in [0.3, 0.4) is 0 Å². The number of hydrogen-bond acceptors (Lipinski definition) is 4. The smallest absolute Gasteiger partial charge is 0.216 e. The molecule has 0 saturated heterocycles. The first-order chi connectivity index (χ1) is 5.83. The number of allylic oxidation sites excluding steroid dienone is 1. The summed E-state index contributed by atoms with van der Waals surface area (Å²) in [5.41, 5.74) is 5.35. The fourth-order valence-corrected chi connectivity index (χ4v) is 1.48. The molecule has 0 fully saturated rings. The monoisotopic (exact) mass is 184 g/mol. The number of hydrogen-bond donors (Lipinski definition) is 2.